The third-order valence-electron chi connectivity index (χ3n) is 2.96. The number of aliphatic hydroxyl groups is 1. The molecule has 1 N–H and O–H groups in total. The van der Waals surface area contributed by atoms with Gasteiger partial charge in [-0.3, -0.25) is 4.98 Å². The molecule has 0 aliphatic carbocycles. The Kier molecular flexibility index (Phi) is 3.89. The number of aryl methyl sites for hydroxylation is 2. The molecule has 1 aromatic heterocycles. The molecule has 0 saturated heterocycles. The summed E-state index contributed by atoms with van der Waals surface area (Å²) in [5.74, 6) is 0. The fourth-order valence-corrected chi connectivity index (χ4v) is 1.90. The highest BCUT2D eigenvalue weighted by atomic mass is 16.3. The van der Waals surface area contributed by atoms with E-state index in [4.69, 9.17) is 0 Å². The zero-order chi connectivity index (χ0) is 12.1. The van der Waals surface area contributed by atoms with Crippen molar-refractivity contribution in [1.29, 1.82) is 0 Å². The van der Waals surface area contributed by atoms with E-state index in [1.54, 1.807) is 6.20 Å². The predicted octanol–water partition coefficient (Wildman–Crippen LogP) is 3.06. The maximum atomic E-state index is 10.0. The van der Waals surface area contributed by atoms with Gasteiger partial charge in [0, 0.05) is 11.9 Å². The van der Waals surface area contributed by atoms with E-state index in [0.717, 1.165) is 17.7 Å². The predicted molar refractivity (Wildman–Crippen MR) is 68.7 cm³/mol. The summed E-state index contributed by atoms with van der Waals surface area (Å²) in [6.07, 6.45) is 2.92. The second kappa shape index (κ2) is 5.60. The van der Waals surface area contributed by atoms with Crippen LogP contribution in [0.4, 0.5) is 0 Å². The maximum absolute atomic E-state index is 10.0. The normalized spacial score (nSPS) is 12.4. The van der Waals surface area contributed by atoms with E-state index in [1.165, 1.54) is 5.56 Å². The number of nitrogens with zero attached hydrogens (tertiary/aromatic N) is 1. The molecule has 1 heterocycles. The van der Waals surface area contributed by atoms with Crippen LogP contribution in [0.1, 0.15) is 29.3 Å². The fourth-order valence-electron chi connectivity index (χ4n) is 1.90. The summed E-state index contributed by atoms with van der Waals surface area (Å²) in [4.78, 5) is 4.33. The summed E-state index contributed by atoms with van der Waals surface area (Å²) in [7, 11) is 0. The molecular formula is C15H17NO. The summed E-state index contributed by atoms with van der Waals surface area (Å²) in [5, 5.41) is 10.0. The van der Waals surface area contributed by atoms with Crippen LogP contribution in [-0.2, 0) is 6.42 Å². The number of pyridine rings is 1. The number of benzene rings is 1. The van der Waals surface area contributed by atoms with Crippen molar-refractivity contribution < 1.29 is 5.11 Å². The lowest BCUT2D eigenvalue weighted by molar-refractivity contribution is 0.167. The molecule has 2 nitrogen and oxygen atoms in total. The number of aromatic nitrogens is 1. The van der Waals surface area contributed by atoms with Crippen molar-refractivity contribution in [3.05, 3.63) is 65.5 Å². The van der Waals surface area contributed by atoms with Crippen molar-refractivity contribution in [2.75, 3.05) is 0 Å². The third kappa shape index (κ3) is 3.14. The van der Waals surface area contributed by atoms with Gasteiger partial charge in [-0.05, 0) is 37.0 Å². The van der Waals surface area contributed by atoms with Gasteiger partial charge in [0.25, 0.3) is 0 Å². The standard InChI is InChI=1S/C15H17NO/c1-12-6-5-11-16-14(12)9-10-15(17)13-7-3-2-4-8-13/h2-8,11,15,17H,9-10H2,1H3/t15-/m1/s1. The van der Waals surface area contributed by atoms with Gasteiger partial charge in [-0.1, -0.05) is 36.4 Å². The van der Waals surface area contributed by atoms with Gasteiger partial charge >= 0.3 is 0 Å². The molecule has 1 atom stereocenters. The Labute approximate surface area is 102 Å². The molecule has 2 rings (SSSR count). The largest absolute Gasteiger partial charge is 0.388 e. The fraction of sp³-hybridized carbons (Fsp3) is 0.267. The Morgan fingerprint density at radius 3 is 2.59 bits per heavy atom. The zero-order valence-electron chi connectivity index (χ0n) is 10.0. The van der Waals surface area contributed by atoms with E-state index in [1.807, 2.05) is 36.4 Å². The summed E-state index contributed by atoms with van der Waals surface area (Å²) >= 11 is 0. The molecule has 0 bridgehead atoms. The van der Waals surface area contributed by atoms with Crippen LogP contribution in [0.3, 0.4) is 0 Å². The molecule has 0 radical (unpaired) electrons. The number of hydrogen-bond donors (Lipinski definition) is 1. The minimum absolute atomic E-state index is 0.405. The molecular weight excluding hydrogens is 210 g/mol. The smallest absolute Gasteiger partial charge is 0.0793 e. The molecule has 0 unspecified atom stereocenters. The topological polar surface area (TPSA) is 33.1 Å². The van der Waals surface area contributed by atoms with Crippen molar-refractivity contribution in [3.8, 4) is 0 Å². The number of hydrogen-bond acceptors (Lipinski definition) is 2. The Balaban J connectivity index is 1.97. The van der Waals surface area contributed by atoms with Crippen LogP contribution in [0.5, 0.6) is 0 Å². The van der Waals surface area contributed by atoms with Crippen molar-refractivity contribution in [2.24, 2.45) is 0 Å². The highest BCUT2D eigenvalue weighted by Gasteiger charge is 2.08. The van der Waals surface area contributed by atoms with Gasteiger partial charge in [-0.15, -0.1) is 0 Å². The summed E-state index contributed by atoms with van der Waals surface area (Å²) in [5.41, 5.74) is 3.23. The van der Waals surface area contributed by atoms with E-state index in [0.29, 0.717) is 6.42 Å². The van der Waals surface area contributed by atoms with Gasteiger partial charge in [-0.2, -0.15) is 0 Å². The highest BCUT2D eigenvalue weighted by molar-refractivity contribution is 5.20. The Morgan fingerprint density at radius 1 is 1.12 bits per heavy atom. The second-order valence-corrected chi connectivity index (χ2v) is 4.23. The maximum Gasteiger partial charge on any atom is 0.0793 e. The van der Waals surface area contributed by atoms with Crippen LogP contribution in [0.2, 0.25) is 0 Å². The quantitative estimate of drug-likeness (QED) is 0.870. The van der Waals surface area contributed by atoms with Gasteiger partial charge in [0.05, 0.1) is 6.10 Å². The molecule has 0 saturated carbocycles. The molecule has 88 valence electrons. The van der Waals surface area contributed by atoms with Crippen LogP contribution < -0.4 is 0 Å². The third-order valence-corrected chi connectivity index (χ3v) is 2.96. The van der Waals surface area contributed by atoms with Crippen molar-refractivity contribution in [1.82, 2.24) is 4.98 Å². The van der Waals surface area contributed by atoms with E-state index >= 15 is 0 Å². The first-order valence-electron chi connectivity index (χ1n) is 5.91. The second-order valence-electron chi connectivity index (χ2n) is 4.23. The van der Waals surface area contributed by atoms with E-state index < -0.39 is 6.10 Å². The van der Waals surface area contributed by atoms with Gasteiger partial charge < -0.3 is 5.11 Å². The Bertz CT molecular complexity index is 467. The average Bonchev–Trinajstić information content (AvgIpc) is 2.38. The number of aliphatic hydroxyl groups excluding tert-OH is 1. The van der Waals surface area contributed by atoms with Crippen molar-refractivity contribution >= 4 is 0 Å². The molecule has 2 heteroatoms. The highest BCUT2D eigenvalue weighted by Crippen LogP contribution is 2.18. The first-order chi connectivity index (χ1) is 8.27. The molecule has 0 spiro atoms. The van der Waals surface area contributed by atoms with Crippen molar-refractivity contribution in [2.45, 2.75) is 25.9 Å². The van der Waals surface area contributed by atoms with Crippen LogP contribution in [0.15, 0.2) is 48.7 Å². The van der Waals surface area contributed by atoms with Gasteiger partial charge in [0.2, 0.25) is 0 Å². The summed E-state index contributed by atoms with van der Waals surface area (Å²) < 4.78 is 0. The minimum atomic E-state index is -0.405. The molecule has 0 amide bonds. The Hall–Kier alpha value is -1.67. The molecule has 0 aliphatic heterocycles. The van der Waals surface area contributed by atoms with Crippen LogP contribution in [-0.4, -0.2) is 10.1 Å². The van der Waals surface area contributed by atoms with Gasteiger partial charge in [0.15, 0.2) is 0 Å². The Morgan fingerprint density at radius 2 is 1.88 bits per heavy atom. The minimum Gasteiger partial charge on any atom is -0.388 e. The SMILES string of the molecule is Cc1cccnc1CC[C@@H](O)c1ccccc1. The van der Waals surface area contributed by atoms with Crippen LogP contribution in [0.25, 0.3) is 0 Å². The lowest BCUT2D eigenvalue weighted by Gasteiger charge is -2.11. The molecule has 0 fully saturated rings. The van der Waals surface area contributed by atoms with E-state index in [-0.39, 0.29) is 0 Å². The zero-order valence-corrected chi connectivity index (χ0v) is 10.0. The molecule has 1 aromatic carbocycles. The van der Waals surface area contributed by atoms with Gasteiger partial charge in [0.1, 0.15) is 0 Å². The molecule has 2 aromatic rings. The average molecular weight is 227 g/mol. The first-order valence-corrected chi connectivity index (χ1v) is 5.91. The molecule has 17 heavy (non-hydrogen) atoms. The summed E-state index contributed by atoms with van der Waals surface area (Å²) in [6, 6.07) is 13.8. The van der Waals surface area contributed by atoms with Crippen LogP contribution in [0, 0.1) is 6.92 Å². The van der Waals surface area contributed by atoms with E-state index in [2.05, 4.69) is 18.0 Å². The number of rotatable bonds is 4. The first kappa shape index (κ1) is 11.8. The lowest BCUT2D eigenvalue weighted by atomic mass is 10.0. The van der Waals surface area contributed by atoms with Crippen LogP contribution >= 0.6 is 0 Å². The van der Waals surface area contributed by atoms with E-state index in [9.17, 15) is 5.11 Å². The lowest BCUT2D eigenvalue weighted by Crippen LogP contribution is -2.01. The van der Waals surface area contributed by atoms with Crippen molar-refractivity contribution in [3.63, 3.8) is 0 Å². The van der Waals surface area contributed by atoms with Gasteiger partial charge in [-0.25, -0.2) is 0 Å². The molecule has 0 aliphatic rings. The summed E-state index contributed by atoms with van der Waals surface area (Å²) in [6.45, 7) is 2.05. The monoisotopic (exact) mass is 227 g/mol.